The summed E-state index contributed by atoms with van der Waals surface area (Å²) in [7, 11) is 0. The topological polar surface area (TPSA) is 64.6 Å². The number of aryl methyl sites for hydroxylation is 1. The molecule has 2 aromatic rings. The van der Waals surface area contributed by atoms with Gasteiger partial charge in [0.15, 0.2) is 6.61 Å². The highest BCUT2D eigenvalue weighted by atomic mass is 35.5. The fraction of sp³-hybridized carbons (Fsp3) is 0.364. The lowest BCUT2D eigenvalue weighted by atomic mass is 10.2. The van der Waals surface area contributed by atoms with Gasteiger partial charge in [-0.2, -0.15) is 0 Å². The molecule has 150 valence electrons. The summed E-state index contributed by atoms with van der Waals surface area (Å²) in [5.41, 5.74) is 1.83. The van der Waals surface area contributed by atoms with Crippen LogP contribution in [0.2, 0.25) is 5.02 Å². The molecular formula is C22H26ClNO4. The molecule has 0 bridgehead atoms. The minimum Gasteiger partial charge on any atom is -0.494 e. The molecule has 2 rings (SSSR count). The molecule has 0 atom stereocenters. The zero-order valence-corrected chi connectivity index (χ0v) is 17.1. The summed E-state index contributed by atoms with van der Waals surface area (Å²) in [5.74, 6) is -0.283. The molecule has 0 radical (unpaired) electrons. The van der Waals surface area contributed by atoms with Crippen LogP contribution in [0, 0.1) is 6.92 Å². The molecular weight excluding hydrogens is 378 g/mol. The highest BCUT2D eigenvalue weighted by Gasteiger charge is 2.11. The van der Waals surface area contributed by atoms with E-state index in [2.05, 4.69) is 12.2 Å². The van der Waals surface area contributed by atoms with Gasteiger partial charge in [0.05, 0.1) is 12.2 Å². The summed E-state index contributed by atoms with van der Waals surface area (Å²) < 4.78 is 10.7. The molecule has 0 aromatic heterocycles. The molecule has 0 spiro atoms. The van der Waals surface area contributed by atoms with E-state index in [1.54, 1.807) is 42.5 Å². The molecule has 28 heavy (non-hydrogen) atoms. The monoisotopic (exact) mass is 403 g/mol. The number of carbonyl (C=O) groups excluding carboxylic acids is 2. The number of carbonyl (C=O) groups is 2. The lowest BCUT2D eigenvalue weighted by molar-refractivity contribution is -0.119. The van der Waals surface area contributed by atoms with Crippen LogP contribution in [-0.4, -0.2) is 25.1 Å². The minimum atomic E-state index is -0.563. The van der Waals surface area contributed by atoms with Crippen molar-refractivity contribution in [1.82, 2.24) is 0 Å². The van der Waals surface area contributed by atoms with Crippen molar-refractivity contribution >= 4 is 29.2 Å². The number of ether oxygens (including phenoxy) is 2. The maximum Gasteiger partial charge on any atom is 0.338 e. The molecule has 0 unspecified atom stereocenters. The standard InChI is InChI=1S/C22H26ClNO4/c1-3-4-5-6-13-27-19-11-8-17(9-12-19)22(26)28-15-21(25)24-18-10-7-16(2)20(23)14-18/h7-12,14H,3-6,13,15H2,1-2H3,(H,24,25). The molecule has 0 saturated heterocycles. The van der Waals surface area contributed by atoms with Gasteiger partial charge in [-0.1, -0.05) is 43.9 Å². The third kappa shape index (κ3) is 7.24. The molecule has 0 aliphatic rings. The van der Waals surface area contributed by atoms with Crippen molar-refractivity contribution in [2.45, 2.75) is 39.5 Å². The molecule has 1 N–H and O–H groups in total. The SMILES string of the molecule is CCCCCCOc1ccc(C(=O)OCC(=O)Nc2ccc(C)c(Cl)c2)cc1. The molecule has 6 heteroatoms. The van der Waals surface area contributed by atoms with Crippen molar-refractivity contribution in [3.05, 3.63) is 58.6 Å². The Kier molecular flexibility index (Phi) is 8.82. The number of halogens is 1. The Balaban J connectivity index is 1.75. The number of unbranched alkanes of at least 4 members (excludes halogenated alkanes) is 3. The van der Waals surface area contributed by atoms with Gasteiger partial charge >= 0.3 is 5.97 Å². The predicted octanol–water partition coefficient (Wildman–Crippen LogP) is 5.40. The molecule has 0 heterocycles. The maximum atomic E-state index is 12.1. The second kappa shape index (κ2) is 11.3. The van der Waals surface area contributed by atoms with Gasteiger partial charge in [-0.15, -0.1) is 0 Å². The third-order valence-corrected chi connectivity index (χ3v) is 4.55. The van der Waals surface area contributed by atoms with E-state index in [-0.39, 0.29) is 6.61 Å². The van der Waals surface area contributed by atoms with Crippen LogP contribution in [0.1, 0.15) is 48.5 Å². The van der Waals surface area contributed by atoms with E-state index in [0.717, 1.165) is 18.4 Å². The lowest BCUT2D eigenvalue weighted by Gasteiger charge is -2.09. The number of hydrogen-bond acceptors (Lipinski definition) is 4. The Labute approximate surface area is 171 Å². The quantitative estimate of drug-likeness (QED) is 0.426. The first-order chi connectivity index (χ1) is 13.5. The second-order valence-corrected chi connectivity index (χ2v) is 6.93. The lowest BCUT2D eigenvalue weighted by Crippen LogP contribution is -2.20. The van der Waals surface area contributed by atoms with Crippen molar-refractivity contribution in [3.8, 4) is 5.75 Å². The first-order valence-corrected chi connectivity index (χ1v) is 9.83. The molecule has 0 saturated carbocycles. The molecule has 2 aromatic carbocycles. The van der Waals surface area contributed by atoms with Crippen LogP contribution in [-0.2, 0) is 9.53 Å². The van der Waals surface area contributed by atoms with Gasteiger partial charge in [0.2, 0.25) is 0 Å². The summed E-state index contributed by atoms with van der Waals surface area (Å²) in [6, 6.07) is 11.9. The summed E-state index contributed by atoms with van der Waals surface area (Å²) >= 11 is 6.02. The number of hydrogen-bond donors (Lipinski definition) is 1. The normalized spacial score (nSPS) is 10.4. The number of esters is 1. The average Bonchev–Trinajstić information content (AvgIpc) is 2.69. The van der Waals surface area contributed by atoms with Crippen LogP contribution in [0.25, 0.3) is 0 Å². The van der Waals surface area contributed by atoms with Crippen molar-refractivity contribution < 1.29 is 19.1 Å². The van der Waals surface area contributed by atoms with E-state index in [1.807, 2.05) is 6.92 Å². The van der Waals surface area contributed by atoms with Gasteiger partial charge < -0.3 is 14.8 Å². The zero-order chi connectivity index (χ0) is 20.4. The smallest absolute Gasteiger partial charge is 0.338 e. The van der Waals surface area contributed by atoms with Gasteiger partial charge in [-0.3, -0.25) is 4.79 Å². The Morgan fingerprint density at radius 2 is 1.79 bits per heavy atom. The Morgan fingerprint density at radius 3 is 2.46 bits per heavy atom. The van der Waals surface area contributed by atoms with Crippen LogP contribution in [0.4, 0.5) is 5.69 Å². The van der Waals surface area contributed by atoms with Crippen LogP contribution in [0.15, 0.2) is 42.5 Å². The predicted molar refractivity (Wildman–Crippen MR) is 111 cm³/mol. The Hall–Kier alpha value is -2.53. The van der Waals surface area contributed by atoms with E-state index in [4.69, 9.17) is 21.1 Å². The fourth-order valence-electron chi connectivity index (χ4n) is 2.49. The molecule has 0 aliphatic carbocycles. The number of benzene rings is 2. The third-order valence-electron chi connectivity index (χ3n) is 4.15. The number of nitrogens with one attached hydrogen (secondary N) is 1. The van der Waals surface area contributed by atoms with Gasteiger partial charge in [0.1, 0.15) is 5.75 Å². The van der Waals surface area contributed by atoms with Gasteiger partial charge in [-0.05, 0) is 55.3 Å². The Bertz CT molecular complexity index is 790. The summed E-state index contributed by atoms with van der Waals surface area (Å²) in [6.45, 7) is 4.33. The highest BCUT2D eigenvalue weighted by molar-refractivity contribution is 6.31. The number of anilines is 1. The number of rotatable bonds is 10. The van der Waals surface area contributed by atoms with E-state index >= 15 is 0 Å². The first kappa shape index (κ1) is 21.8. The van der Waals surface area contributed by atoms with E-state index < -0.39 is 11.9 Å². The van der Waals surface area contributed by atoms with Crippen molar-refractivity contribution in [2.75, 3.05) is 18.5 Å². The summed E-state index contributed by atoms with van der Waals surface area (Å²) in [5, 5.41) is 3.20. The van der Waals surface area contributed by atoms with Crippen molar-refractivity contribution in [2.24, 2.45) is 0 Å². The van der Waals surface area contributed by atoms with E-state index in [0.29, 0.717) is 28.6 Å². The summed E-state index contributed by atoms with van der Waals surface area (Å²) in [4.78, 5) is 24.0. The van der Waals surface area contributed by atoms with Crippen LogP contribution in [0.5, 0.6) is 5.75 Å². The van der Waals surface area contributed by atoms with Gasteiger partial charge in [0, 0.05) is 10.7 Å². The van der Waals surface area contributed by atoms with E-state index in [1.165, 1.54) is 12.8 Å². The largest absolute Gasteiger partial charge is 0.494 e. The van der Waals surface area contributed by atoms with Crippen LogP contribution in [0.3, 0.4) is 0 Å². The summed E-state index contributed by atoms with van der Waals surface area (Å²) in [6.07, 6.45) is 4.56. The van der Waals surface area contributed by atoms with E-state index in [9.17, 15) is 9.59 Å². The zero-order valence-electron chi connectivity index (χ0n) is 16.3. The maximum absolute atomic E-state index is 12.1. The van der Waals surface area contributed by atoms with Gasteiger partial charge in [-0.25, -0.2) is 4.79 Å². The fourth-order valence-corrected chi connectivity index (χ4v) is 2.67. The second-order valence-electron chi connectivity index (χ2n) is 6.52. The van der Waals surface area contributed by atoms with Crippen molar-refractivity contribution in [3.63, 3.8) is 0 Å². The molecule has 0 fully saturated rings. The highest BCUT2D eigenvalue weighted by Crippen LogP contribution is 2.20. The Morgan fingerprint density at radius 1 is 1.04 bits per heavy atom. The van der Waals surface area contributed by atoms with Gasteiger partial charge in [0.25, 0.3) is 5.91 Å². The average molecular weight is 404 g/mol. The molecule has 5 nitrogen and oxygen atoms in total. The van der Waals surface area contributed by atoms with Crippen LogP contribution >= 0.6 is 11.6 Å². The minimum absolute atomic E-state index is 0.365. The molecule has 1 amide bonds. The van der Waals surface area contributed by atoms with Crippen molar-refractivity contribution in [1.29, 1.82) is 0 Å². The number of amides is 1. The molecule has 0 aliphatic heterocycles. The van der Waals surface area contributed by atoms with Crippen LogP contribution < -0.4 is 10.1 Å². The first-order valence-electron chi connectivity index (χ1n) is 9.45.